The highest BCUT2D eigenvalue weighted by Gasteiger charge is 2.14. The largest absolute Gasteiger partial charge is 0.487 e. The van der Waals surface area contributed by atoms with E-state index in [-0.39, 0.29) is 33.9 Å². The van der Waals surface area contributed by atoms with Crippen LogP contribution in [-0.4, -0.2) is 23.6 Å². The van der Waals surface area contributed by atoms with Gasteiger partial charge in [-0.1, -0.05) is 37.6 Å². The second kappa shape index (κ2) is 13.3. The molecule has 0 aliphatic carbocycles. The molecule has 0 aliphatic heterocycles. The smallest absolute Gasteiger partial charge is 0.269 e. The molecule has 1 aromatic heterocycles. The zero-order valence-electron chi connectivity index (χ0n) is 20.4. The zero-order chi connectivity index (χ0) is 26.1. The summed E-state index contributed by atoms with van der Waals surface area (Å²) in [6.45, 7) is 5.66. The normalized spacial score (nSPS) is 10.9. The SMILES string of the molecule is CCCCNCC(=O)NCc1ccc(Cn2c(C)cc(OCc3ccc(F)cc3F)c(Br)c2=O)cc1. The number of nitrogens with zero attached hydrogens (tertiary/aromatic N) is 1. The van der Waals surface area contributed by atoms with Gasteiger partial charge in [0.15, 0.2) is 0 Å². The summed E-state index contributed by atoms with van der Waals surface area (Å²) in [5.41, 5.74) is 2.46. The molecule has 2 aromatic carbocycles. The van der Waals surface area contributed by atoms with Gasteiger partial charge in [-0.25, -0.2) is 8.78 Å². The minimum absolute atomic E-state index is 0.0494. The summed E-state index contributed by atoms with van der Waals surface area (Å²) in [6, 6.07) is 12.6. The van der Waals surface area contributed by atoms with Gasteiger partial charge in [-0.2, -0.15) is 0 Å². The van der Waals surface area contributed by atoms with Crippen molar-refractivity contribution >= 4 is 21.8 Å². The molecule has 3 aromatic rings. The number of hydrogen-bond acceptors (Lipinski definition) is 4. The molecule has 2 N–H and O–H groups in total. The molecule has 0 fully saturated rings. The van der Waals surface area contributed by atoms with E-state index in [9.17, 15) is 18.4 Å². The third kappa shape index (κ3) is 7.73. The van der Waals surface area contributed by atoms with Crippen molar-refractivity contribution in [3.05, 3.63) is 97.4 Å². The van der Waals surface area contributed by atoms with Crippen LogP contribution in [0.15, 0.2) is 57.8 Å². The van der Waals surface area contributed by atoms with Crippen molar-refractivity contribution in [1.29, 1.82) is 0 Å². The first-order valence-corrected chi connectivity index (χ1v) is 12.6. The molecule has 1 amide bonds. The number of amides is 1. The van der Waals surface area contributed by atoms with Gasteiger partial charge in [-0.05, 0) is 59.1 Å². The number of carbonyl (C=O) groups excluding carboxylic acids is 1. The van der Waals surface area contributed by atoms with Crippen LogP contribution in [0.25, 0.3) is 0 Å². The number of unbranched alkanes of at least 4 members (excludes halogenated alkanes) is 1. The van der Waals surface area contributed by atoms with Crippen molar-refractivity contribution < 1.29 is 18.3 Å². The van der Waals surface area contributed by atoms with Crippen molar-refractivity contribution in [2.75, 3.05) is 13.1 Å². The number of nitrogens with one attached hydrogen (secondary N) is 2. The maximum absolute atomic E-state index is 13.9. The monoisotopic (exact) mass is 561 g/mol. The lowest BCUT2D eigenvalue weighted by atomic mass is 10.1. The van der Waals surface area contributed by atoms with Gasteiger partial charge in [-0.15, -0.1) is 0 Å². The Morgan fingerprint density at radius 2 is 1.81 bits per heavy atom. The van der Waals surface area contributed by atoms with Gasteiger partial charge in [0.25, 0.3) is 5.56 Å². The molecular weight excluding hydrogens is 532 g/mol. The fraction of sp³-hybridized carbons (Fsp3) is 0.333. The average Bonchev–Trinajstić information content (AvgIpc) is 2.86. The van der Waals surface area contributed by atoms with Crippen LogP contribution in [0.5, 0.6) is 5.75 Å². The Balaban J connectivity index is 1.60. The highest BCUT2D eigenvalue weighted by molar-refractivity contribution is 9.10. The topological polar surface area (TPSA) is 72.4 Å². The van der Waals surface area contributed by atoms with Crippen LogP contribution < -0.4 is 20.9 Å². The van der Waals surface area contributed by atoms with Gasteiger partial charge in [0.2, 0.25) is 5.91 Å². The molecule has 0 bridgehead atoms. The molecule has 36 heavy (non-hydrogen) atoms. The van der Waals surface area contributed by atoms with Gasteiger partial charge in [0, 0.05) is 29.9 Å². The first-order chi connectivity index (χ1) is 17.3. The fourth-order valence-electron chi connectivity index (χ4n) is 3.52. The molecule has 6 nitrogen and oxygen atoms in total. The second-order valence-corrected chi connectivity index (χ2v) is 9.30. The summed E-state index contributed by atoms with van der Waals surface area (Å²) in [5.74, 6) is -1.13. The zero-order valence-corrected chi connectivity index (χ0v) is 22.0. The predicted molar refractivity (Wildman–Crippen MR) is 139 cm³/mol. The Bertz CT molecular complexity index is 1250. The minimum atomic E-state index is -0.706. The van der Waals surface area contributed by atoms with Crippen molar-refractivity contribution in [2.24, 2.45) is 0 Å². The predicted octanol–water partition coefficient (Wildman–Crippen LogP) is 4.83. The van der Waals surface area contributed by atoms with Crippen molar-refractivity contribution in [3.63, 3.8) is 0 Å². The highest BCUT2D eigenvalue weighted by Crippen LogP contribution is 2.24. The third-order valence-electron chi connectivity index (χ3n) is 5.66. The molecule has 1 heterocycles. The highest BCUT2D eigenvalue weighted by atomic mass is 79.9. The second-order valence-electron chi connectivity index (χ2n) is 8.50. The number of benzene rings is 2. The summed E-state index contributed by atoms with van der Waals surface area (Å²) in [7, 11) is 0. The number of rotatable bonds is 12. The van der Waals surface area contributed by atoms with Crippen molar-refractivity contribution in [3.8, 4) is 5.75 Å². The summed E-state index contributed by atoms with van der Waals surface area (Å²) in [4.78, 5) is 24.9. The van der Waals surface area contributed by atoms with E-state index in [1.54, 1.807) is 17.6 Å². The Kier molecular flexibility index (Phi) is 10.2. The van der Waals surface area contributed by atoms with E-state index in [1.165, 1.54) is 6.07 Å². The van der Waals surface area contributed by atoms with Crippen LogP contribution in [0.2, 0.25) is 0 Å². The Labute approximate surface area is 217 Å². The van der Waals surface area contributed by atoms with Crippen LogP contribution in [0.3, 0.4) is 0 Å². The van der Waals surface area contributed by atoms with Crippen LogP contribution in [0, 0.1) is 18.6 Å². The van der Waals surface area contributed by atoms with Crippen LogP contribution >= 0.6 is 15.9 Å². The van der Waals surface area contributed by atoms with E-state index in [2.05, 4.69) is 33.5 Å². The molecule has 0 aliphatic rings. The number of halogens is 3. The molecular formula is C27H30BrF2N3O3. The summed E-state index contributed by atoms with van der Waals surface area (Å²) in [5, 5.41) is 6.00. The lowest BCUT2D eigenvalue weighted by molar-refractivity contribution is -0.120. The molecule has 0 atom stereocenters. The molecule has 0 unspecified atom stereocenters. The molecule has 0 spiro atoms. The first-order valence-electron chi connectivity index (χ1n) is 11.8. The number of carbonyl (C=O) groups is 1. The Morgan fingerprint density at radius 3 is 2.50 bits per heavy atom. The first kappa shape index (κ1) is 27.5. The number of ether oxygens (including phenoxy) is 1. The molecule has 192 valence electrons. The quantitative estimate of drug-likeness (QED) is 0.311. The lowest BCUT2D eigenvalue weighted by Crippen LogP contribution is -2.33. The van der Waals surface area contributed by atoms with Gasteiger partial charge in [0.05, 0.1) is 13.1 Å². The van der Waals surface area contributed by atoms with E-state index in [4.69, 9.17) is 4.74 Å². The van der Waals surface area contributed by atoms with Gasteiger partial charge >= 0.3 is 0 Å². The maximum atomic E-state index is 13.9. The van der Waals surface area contributed by atoms with Gasteiger partial charge in [0.1, 0.15) is 28.5 Å². The standard InChI is InChI=1S/C27H30BrF2N3O3/c1-3-4-11-31-15-25(34)32-14-19-5-7-20(8-6-19)16-33-18(2)12-24(26(28)27(33)35)36-17-21-9-10-22(29)13-23(21)30/h5-10,12-13,31H,3-4,11,14-17H2,1-2H3,(H,32,34). The van der Waals surface area contributed by atoms with E-state index in [0.717, 1.165) is 42.6 Å². The van der Waals surface area contributed by atoms with Gasteiger partial charge in [-0.3, -0.25) is 9.59 Å². The molecule has 0 radical (unpaired) electrons. The van der Waals surface area contributed by atoms with Crippen LogP contribution in [0.1, 0.15) is 42.1 Å². The number of hydrogen-bond donors (Lipinski definition) is 2. The Hall–Kier alpha value is -3.04. The van der Waals surface area contributed by atoms with E-state index < -0.39 is 11.6 Å². The summed E-state index contributed by atoms with van der Waals surface area (Å²) in [6.07, 6.45) is 2.12. The van der Waals surface area contributed by atoms with Crippen molar-refractivity contribution in [1.82, 2.24) is 15.2 Å². The number of aromatic nitrogens is 1. The van der Waals surface area contributed by atoms with Crippen molar-refractivity contribution in [2.45, 2.75) is 46.4 Å². The van der Waals surface area contributed by atoms with Gasteiger partial charge < -0.3 is 19.9 Å². The van der Waals surface area contributed by atoms with Crippen LogP contribution in [-0.2, 0) is 24.5 Å². The van der Waals surface area contributed by atoms with E-state index in [0.29, 0.717) is 25.3 Å². The lowest BCUT2D eigenvalue weighted by Gasteiger charge is -2.15. The minimum Gasteiger partial charge on any atom is -0.487 e. The summed E-state index contributed by atoms with van der Waals surface area (Å²) < 4.78 is 34.5. The third-order valence-corrected chi connectivity index (χ3v) is 6.39. The van der Waals surface area contributed by atoms with E-state index in [1.807, 2.05) is 24.3 Å². The maximum Gasteiger partial charge on any atom is 0.269 e. The summed E-state index contributed by atoms with van der Waals surface area (Å²) >= 11 is 3.30. The average molecular weight is 562 g/mol. The molecule has 0 saturated heterocycles. The number of aryl methyl sites for hydroxylation is 1. The fourth-order valence-corrected chi connectivity index (χ4v) is 3.97. The molecule has 0 saturated carbocycles. The molecule has 9 heteroatoms. The number of pyridine rings is 1. The Morgan fingerprint density at radius 1 is 1.08 bits per heavy atom. The van der Waals surface area contributed by atoms with Crippen LogP contribution in [0.4, 0.5) is 8.78 Å². The van der Waals surface area contributed by atoms with E-state index >= 15 is 0 Å². The molecule has 3 rings (SSSR count).